The average Bonchev–Trinajstić information content (AvgIpc) is 2.67. The predicted molar refractivity (Wildman–Crippen MR) is 118 cm³/mol. The molecule has 0 amide bonds. The molecular formula is C22H22ClN3O2S. The minimum absolute atomic E-state index is 0.0687. The number of benzene rings is 2. The van der Waals surface area contributed by atoms with Gasteiger partial charge in [0.1, 0.15) is 11.9 Å². The van der Waals surface area contributed by atoms with Crippen molar-refractivity contribution in [2.45, 2.75) is 23.7 Å². The van der Waals surface area contributed by atoms with Crippen LogP contribution in [-0.4, -0.2) is 41.4 Å². The van der Waals surface area contributed by atoms with Gasteiger partial charge in [-0.2, -0.15) is 9.78 Å². The lowest BCUT2D eigenvalue weighted by atomic mass is 10.1. The van der Waals surface area contributed by atoms with E-state index in [-0.39, 0.29) is 11.7 Å². The molecule has 3 aromatic rings. The Hall–Kier alpha value is -2.28. The molecule has 5 nitrogen and oxygen atoms in total. The topological polar surface area (TPSA) is 47.4 Å². The van der Waals surface area contributed by atoms with E-state index in [1.165, 1.54) is 4.68 Å². The number of halogens is 1. The molecule has 2 aromatic carbocycles. The Morgan fingerprint density at radius 2 is 2.00 bits per heavy atom. The summed E-state index contributed by atoms with van der Waals surface area (Å²) in [6.07, 6.45) is 0.0687. The third-order valence-electron chi connectivity index (χ3n) is 4.65. The Kier molecular flexibility index (Phi) is 5.67. The molecule has 0 fully saturated rings. The first-order valence-corrected chi connectivity index (χ1v) is 10.8. The minimum Gasteiger partial charge on any atom is -0.489 e. The van der Waals surface area contributed by atoms with Crippen LogP contribution in [0.15, 0.2) is 58.2 Å². The lowest BCUT2D eigenvalue weighted by Crippen LogP contribution is -2.28. The number of aromatic nitrogens is 2. The Labute approximate surface area is 179 Å². The Bertz CT molecular complexity index is 1100. The number of ether oxygens (including phenoxy) is 1. The van der Waals surface area contributed by atoms with E-state index in [1.807, 2.05) is 63.5 Å². The molecule has 0 radical (unpaired) electrons. The molecule has 2 heterocycles. The molecule has 7 heteroatoms. The molecule has 1 unspecified atom stereocenters. The number of hydrogen-bond acceptors (Lipinski definition) is 5. The van der Waals surface area contributed by atoms with Crippen LogP contribution < -0.4 is 10.3 Å². The Morgan fingerprint density at radius 3 is 2.72 bits per heavy atom. The number of fused-ring (bicyclic) bond motifs is 3. The summed E-state index contributed by atoms with van der Waals surface area (Å²) < 4.78 is 7.37. The fraction of sp³-hybridized carbons (Fsp3) is 0.273. The molecule has 1 atom stereocenters. The highest BCUT2D eigenvalue weighted by atomic mass is 35.5. The zero-order valence-corrected chi connectivity index (χ0v) is 18.1. The van der Waals surface area contributed by atoms with Crippen molar-refractivity contribution < 1.29 is 4.74 Å². The van der Waals surface area contributed by atoms with E-state index in [1.54, 1.807) is 17.8 Å². The number of likely N-dealkylation sites (N-methyl/N-ethyl adjacent to an activating group) is 1. The van der Waals surface area contributed by atoms with E-state index < -0.39 is 0 Å². The van der Waals surface area contributed by atoms with Crippen LogP contribution in [0.5, 0.6) is 5.75 Å². The van der Waals surface area contributed by atoms with Gasteiger partial charge >= 0.3 is 0 Å². The van der Waals surface area contributed by atoms with Gasteiger partial charge in [0.15, 0.2) is 0 Å². The zero-order chi connectivity index (χ0) is 20.5. The minimum atomic E-state index is -0.149. The summed E-state index contributed by atoms with van der Waals surface area (Å²) in [4.78, 5) is 15.8. The molecule has 1 aliphatic rings. The standard InChI is InChI=1S/C22H22ClN3O2S/c1-14(12-25(2)3)28-17-9-7-16(8-10-17)26-20(27)11-15-13-29-22-18(21(15)24-26)5-4-6-19(22)23/h4-11,14H,12-13H2,1-3H3. The molecule has 0 spiro atoms. The summed E-state index contributed by atoms with van der Waals surface area (Å²) in [6.45, 7) is 2.86. The smallest absolute Gasteiger partial charge is 0.271 e. The Balaban J connectivity index is 1.67. The average molecular weight is 428 g/mol. The highest BCUT2D eigenvalue weighted by Crippen LogP contribution is 2.43. The summed E-state index contributed by atoms with van der Waals surface area (Å²) >= 11 is 7.99. The third-order valence-corrected chi connectivity index (χ3v) is 6.26. The van der Waals surface area contributed by atoms with Crippen LogP contribution in [-0.2, 0) is 5.75 Å². The molecule has 1 aromatic heterocycles. The largest absolute Gasteiger partial charge is 0.489 e. The predicted octanol–water partition coefficient (Wildman–Crippen LogP) is 4.49. The molecule has 0 saturated carbocycles. The summed E-state index contributed by atoms with van der Waals surface area (Å²) in [5.41, 5.74) is 3.26. The van der Waals surface area contributed by atoms with Gasteiger partial charge in [-0.1, -0.05) is 23.7 Å². The summed E-state index contributed by atoms with van der Waals surface area (Å²) in [7, 11) is 4.03. The van der Waals surface area contributed by atoms with Crippen molar-refractivity contribution in [2.24, 2.45) is 0 Å². The summed E-state index contributed by atoms with van der Waals surface area (Å²) in [5.74, 6) is 1.45. The van der Waals surface area contributed by atoms with Gasteiger partial charge in [0.25, 0.3) is 5.56 Å². The Morgan fingerprint density at radius 1 is 1.24 bits per heavy atom. The fourth-order valence-corrected chi connectivity index (χ4v) is 4.84. The van der Waals surface area contributed by atoms with Gasteiger partial charge in [-0.3, -0.25) is 4.79 Å². The van der Waals surface area contributed by atoms with Crippen molar-refractivity contribution in [3.63, 3.8) is 0 Å². The molecular weight excluding hydrogens is 406 g/mol. The van der Waals surface area contributed by atoms with E-state index in [2.05, 4.69) is 10.00 Å². The molecule has 150 valence electrons. The monoisotopic (exact) mass is 427 g/mol. The quantitative estimate of drug-likeness (QED) is 0.600. The zero-order valence-electron chi connectivity index (χ0n) is 16.6. The summed E-state index contributed by atoms with van der Waals surface area (Å²) in [6, 6.07) is 14.9. The normalized spacial score (nSPS) is 13.7. The first-order valence-electron chi connectivity index (χ1n) is 9.39. The highest BCUT2D eigenvalue weighted by molar-refractivity contribution is 7.98. The van der Waals surface area contributed by atoms with Gasteiger partial charge in [-0.05, 0) is 56.9 Å². The van der Waals surface area contributed by atoms with Crippen molar-refractivity contribution in [1.82, 2.24) is 14.7 Å². The maximum Gasteiger partial charge on any atom is 0.271 e. The number of nitrogens with zero attached hydrogens (tertiary/aromatic N) is 3. The number of thioether (sulfide) groups is 1. The van der Waals surface area contributed by atoms with Crippen LogP contribution >= 0.6 is 23.4 Å². The van der Waals surface area contributed by atoms with Crippen LogP contribution in [0.1, 0.15) is 12.5 Å². The molecule has 0 saturated heterocycles. The van der Waals surface area contributed by atoms with Crippen molar-refractivity contribution in [3.8, 4) is 22.7 Å². The van der Waals surface area contributed by atoms with Gasteiger partial charge in [0, 0.05) is 28.8 Å². The van der Waals surface area contributed by atoms with Crippen LogP contribution in [0.4, 0.5) is 0 Å². The van der Waals surface area contributed by atoms with Crippen LogP contribution in [0, 0.1) is 0 Å². The molecule has 1 aliphatic heterocycles. The van der Waals surface area contributed by atoms with Crippen LogP contribution in [0.3, 0.4) is 0 Å². The molecule has 0 N–H and O–H groups in total. The van der Waals surface area contributed by atoms with E-state index >= 15 is 0 Å². The first kappa shape index (κ1) is 20.0. The van der Waals surface area contributed by atoms with E-state index in [0.717, 1.165) is 34.0 Å². The van der Waals surface area contributed by atoms with Gasteiger partial charge in [-0.15, -0.1) is 11.8 Å². The third kappa shape index (κ3) is 4.20. The maximum absolute atomic E-state index is 12.7. The first-order chi connectivity index (χ1) is 13.9. The van der Waals surface area contributed by atoms with Gasteiger partial charge in [-0.25, -0.2) is 0 Å². The maximum atomic E-state index is 12.7. The molecule has 0 aliphatic carbocycles. The van der Waals surface area contributed by atoms with E-state index in [0.29, 0.717) is 16.5 Å². The van der Waals surface area contributed by atoms with Crippen molar-refractivity contribution >= 4 is 23.4 Å². The van der Waals surface area contributed by atoms with Gasteiger partial charge < -0.3 is 9.64 Å². The SMILES string of the molecule is CC(CN(C)C)Oc1ccc(-n2nc3c(cc2=O)CSc2c(Cl)cccc2-3)cc1. The molecule has 0 bridgehead atoms. The van der Waals surface area contributed by atoms with E-state index in [9.17, 15) is 4.79 Å². The molecule has 29 heavy (non-hydrogen) atoms. The van der Waals surface area contributed by atoms with E-state index in [4.69, 9.17) is 16.3 Å². The van der Waals surface area contributed by atoms with Crippen molar-refractivity contribution in [3.05, 3.63) is 69.5 Å². The highest BCUT2D eigenvalue weighted by Gasteiger charge is 2.22. The lowest BCUT2D eigenvalue weighted by Gasteiger charge is -2.20. The van der Waals surface area contributed by atoms with Crippen molar-refractivity contribution in [1.29, 1.82) is 0 Å². The molecule has 4 rings (SSSR count). The second-order valence-electron chi connectivity index (χ2n) is 7.36. The summed E-state index contributed by atoms with van der Waals surface area (Å²) in [5, 5.41) is 5.39. The second-order valence-corrected chi connectivity index (χ2v) is 8.75. The lowest BCUT2D eigenvalue weighted by molar-refractivity contribution is 0.177. The second kappa shape index (κ2) is 8.22. The van der Waals surface area contributed by atoms with Gasteiger partial charge in [0.05, 0.1) is 16.4 Å². The van der Waals surface area contributed by atoms with Crippen LogP contribution in [0.2, 0.25) is 5.02 Å². The van der Waals surface area contributed by atoms with Crippen molar-refractivity contribution in [2.75, 3.05) is 20.6 Å². The number of rotatable bonds is 5. The fourth-order valence-electron chi connectivity index (χ4n) is 3.46. The van der Waals surface area contributed by atoms with Crippen LogP contribution in [0.25, 0.3) is 16.9 Å². The van der Waals surface area contributed by atoms with Gasteiger partial charge in [0.2, 0.25) is 0 Å². The number of hydrogen-bond donors (Lipinski definition) is 0.